The van der Waals surface area contributed by atoms with Gasteiger partial charge in [-0.15, -0.1) is 0 Å². The highest BCUT2D eigenvalue weighted by atomic mass is 16.5. The predicted molar refractivity (Wildman–Crippen MR) is 57.5 cm³/mol. The van der Waals surface area contributed by atoms with Gasteiger partial charge >= 0.3 is 5.97 Å². The molecule has 1 atom stereocenters. The minimum Gasteiger partial charge on any atom is -0.466 e. The molecule has 0 aromatic carbocycles. The van der Waals surface area contributed by atoms with E-state index in [1.165, 1.54) is 6.92 Å². The Labute approximate surface area is 94.7 Å². The number of amides is 2. The van der Waals surface area contributed by atoms with Gasteiger partial charge in [-0.1, -0.05) is 0 Å². The largest absolute Gasteiger partial charge is 0.466 e. The average Bonchev–Trinajstić information content (AvgIpc) is 2.16. The highest BCUT2D eigenvalue weighted by Gasteiger charge is 2.13. The summed E-state index contributed by atoms with van der Waals surface area (Å²) >= 11 is 0. The number of esters is 1. The zero-order valence-corrected chi connectivity index (χ0v) is 9.83. The van der Waals surface area contributed by atoms with Crippen LogP contribution in [0.2, 0.25) is 0 Å². The Balaban J connectivity index is 3.72. The molecule has 2 amide bonds. The van der Waals surface area contributed by atoms with Crippen LogP contribution in [-0.4, -0.2) is 37.0 Å². The minimum atomic E-state index is -0.598. The molecule has 0 rings (SSSR count). The molecule has 0 aliphatic carbocycles. The van der Waals surface area contributed by atoms with Crippen LogP contribution in [0.3, 0.4) is 0 Å². The first-order valence-corrected chi connectivity index (χ1v) is 5.17. The first-order valence-electron chi connectivity index (χ1n) is 5.17. The van der Waals surface area contributed by atoms with Crippen LogP contribution >= 0.6 is 0 Å². The molecule has 0 heterocycles. The average molecular weight is 230 g/mol. The first kappa shape index (κ1) is 14.4. The molecule has 92 valence electrons. The van der Waals surface area contributed by atoms with E-state index in [-0.39, 0.29) is 30.7 Å². The van der Waals surface area contributed by atoms with Crippen molar-refractivity contribution in [1.82, 2.24) is 10.6 Å². The van der Waals surface area contributed by atoms with Gasteiger partial charge in [-0.05, 0) is 13.8 Å². The van der Waals surface area contributed by atoms with Gasteiger partial charge in [0.15, 0.2) is 0 Å². The summed E-state index contributed by atoms with van der Waals surface area (Å²) in [4.78, 5) is 32.9. The lowest BCUT2D eigenvalue weighted by atomic mass is 10.3. The van der Waals surface area contributed by atoms with Crippen molar-refractivity contribution in [2.24, 2.45) is 0 Å². The summed E-state index contributed by atoms with van der Waals surface area (Å²) in [7, 11) is 0. The predicted octanol–water partition coefficient (Wildman–Crippen LogP) is -0.420. The topological polar surface area (TPSA) is 84.5 Å². The molecule has 0 aliphatic heterocycles. The van der Waals surface area contributed by atoms with Crippen molar-refractivity contribution in [3.63, 3.8) is 0 Å². The normalized spacial score (nSPS) is 11.4. The van der Waals surface area contributed by atoms with Crippen molar-refractivity contribution >= 4 is 17.8 Å². The van der Waals surface area contributed by atoms with E-state index in [0.29, 0.717) is 6.61 Å². The van der Waals surface area contributed by atoms with Crippen molar-refractivity contribution < 1.29 is 19.1 Å². The number of carbonyl (C=O) groups excluding carboxylic acids is 3. The number of hydrogen-bond donors (Lipinski definition) is 2. The van der Waals surface area contributed by atoms with Crippen LogP contribution in [0.25, 0.3) is 0 Å². The fourth-order valence-electron chi connectivity index (χ4n) is 1.04. The van der Waals surface area contributed by atoms with Crippen molar-refractivity contribution in [3.05, 3.63) is 0 Å². The summed E-state index contributed by atoms with van der Waals surface area (Å²) in [5, 5.41) is 4.96. The fraction of sp³-hybridized carbons (Fsp3) is 0.700. The summed E-state index contributed by atoms with van der Waals surface area (Å²) in [5.41, 5.74) is 0. The Kier molecular flexibility index (Phi) is 6.91. The lowest BCUT2D eigenvalue weighted by molar-refractivity contribution is -0.143. The van der Waals surface area contributed by atoms with Crippen molar-refractivity contribution in [3.8, 4) is 0 Å². The lowest BCUT2D eigenvalue weighted by Crippen LogP contribution is -2.44. The first-order chi connectivity index (χ1) is 7.47. The van der Waals surface area contributed by atoms with Gasteiger partial charge in [0.25, 0.3) is 0 Å². The summed E-state index contributed by atoms with van der Waals surface area (Å²) in [6.07, 6.45) is 0.131. The van der Waals surface area contributed by atoms with E-state index in [2.05, 4.69) is 15.4 Å². The second kappa shape index (κ2) is 7.67. The maximum absolute atomic E-state index is 11.3. The van der Waals surface area contributed by atoms with E-state index in [0.717, 1.165) is 0 Å². The van der Waals surface area contributed by atoms with Crippen LogP contribution in [-0.2, 0) is 19.1 Å². The smallest absolute Gasteiger partial charge is 0.307 e. The molecule has 0 aromatic heterocycles. The Bertz CT molecular complexity index is 266. The van der Waals surface area contributed by atoms with Gasteiger partial charge in [0.1, 0.15) is 6.04 Å². The van der Waals surface area contributed by atoms with Crippen LogP contribution in [0.1, 0.15) is 27.2 Å². The van der Waals surface area contributed by atoms with Gasteiger partial charge in [0.05, 0.1) is 13.0 Å². The van der Waals surface area contributed by atoms with Gasteiger partial charge in [0.2, 0.25) is 11.8 Å². The highest BCUT2D eigenvalue weighted by molar-refractivity contribution is 5.86. The molecule has 0 saturated carbocycles. The second-order valence-corrected chi connectivity index (χ2v) is 3.27. The molecule has 0 aliphatic rings. The fourth-order valence-corrected chi connectivity index (χ4v) is 1.04. The van der Waals surface area contributed by atoms with Crippen molar-refractivity contribution in [1.29, 1.82) is 0 Å². The molecule has 6 heteroatoms. The van der Waals surface area contributed by atoms with Crippen LogP contribution in [0.15, 0.2) is 0 Å². The van der Waals surface area contributed by atoms with Gasteiger partial charge in [-0.2, -0.15) is 0 Å². The van der Waals surface area contributed by atoms with Gasteiger partial charge in [-0.3, -0.25) is 14.4 Å². The molecular weight excluding hydrogens is 212 g/mol. The standard InChI is InChI=1S/C10H18N2O4/c1-4-16-9(14)5-6-11-10(15)7(2)12-8(3)13/h7H,4-6H2,1-3H3,(H,11,15)(H,12,13). The van der Waals surface area contributed by atoms with E-state index in [1.807, 2.05) is 0 Å². The summed E-state index contributed by atoms with van der Waals surface area (Å²) in [6, 6.07) is -0.598. The van der Waals surface area contributed by atoms with Crippen molar-refractivity contribution in [2.45, 2.75) is 33.2 Å². The van der Waals surface area contributed by atoms with Crippen LogP contribution < -0.4 is 10.6 Å². The number of ether oxygens (including phenoxy) is 1. The zero-order chi connectivity index (χ0) is 12.6. The molecule has 6 nitrogen and oxygen atoms in total. The SMILES string of the molecule is CCOC(=O)CCNC(=O)C(C)NC(C)=O. The molecule has 0 fully saturated rings. The monoisotopic (exact) mass is 230 g/mol. The van der Waals surface area contributed by atoms with Crippen LogP contribution in [0.5, 0.6) is 0 Å². The van der Waals surface area contributed by atoms with E-state index in [4.69, 9.17) is 0 Å². The Morgan fingerprint density at radius 2 is 1.94 bits per heavy atom. The minimum absolute atomic E-state index is 0.131. The molecular formula is C10H18N2O4. The zero-order valence-electron chi connectivity index (χ0n) is 9.83. The van der Waals surface area contributed by atoms with Gasteiger partial charge in [-0.25, -0.2) is 0 Å². The summed E-state index contributed by atoms with van der Waals surface area (Å²) in [6.45, 7) is 5.16. The molecule has 0 spiro atoms. The number of carbonyl (C=O) groups is 3. The number of rotatable bonds is 6. The Morgan fingerprint density at radius 1 is 1.31 bits per heavy atom. The van der Waals surface area contributed by atoms with Crippen molar-refractivity contribution in [2.75, 3.05) is 13.2 Å². The summed E-state index contributed by atoms with van der Waals surface area (Å²) in [5.74, 6) is -0.942. The third-order valence-corrected chi connectivity index (χ3v) is 1.75. The number of nitrogens with one attached hydrogen (secondary N) is 2. The highest BCUT2D eigenvalue weighted by Crippen LogP contribution is 1.86. The van der Waals surface area contributed by atoms with Gasteiger partial charge < -0.3 is 15.4 Å². The third-order valence-electron chi connectivity index (χ3n) is 1.75. The molecule has 0 bridgehead atoms. The molecule has 0 aromatic rings. The molecule has 16 heavy (non-hydrogen) atoms. The van der Waals surface area contributed by atoms with E-state index < -0.39 is 6.04 Å². The Morgan fingerprint density at radius 3 is 2.44 bits per heavy atom. The maximum atomic E-state index is 11.3. The van der Waals surface area contributed by atoms with Crippen LogP contribution in [0, 0.1) is 0 Å². The molecule has 0 radical (unpaired) electrons. The van der Waals surface area contributed by atoms with E-state index in [9.17, 15) is 14.4 Å². The molecule has 1 unspecified atom stereocenters. The Hall–Kier alpha value is -1.59. The second-order valence-electron chi connectivity index (χ2n) is 3.27. The molecule has 0 saturated heterocycles. The maximum Gasteiger partial charge on any atom is 0.307 e. The van der Waals surface area contributed by atoms with E-state index in [1.54, 1.807) is 13.8 Å². The van der Waals surface area contributed by atoms with E-state index >= 15 is 0 Å². The summed E-state index contributed by atoms with van der Waals surface area (Å²) < 4.78 is 4.69. The van der Waals surface area contributed by atoms with Gasteiger partial charge in [0, 0.05) is 13.5 Å². The van der Waals surface area contributed by atoms with Crippen LogP contribution in [0.4, 0.5) is 0 Å². The quantitative estimate of drug-likeness (QED) is 0.607. The molecule has 2 N–H and O–H groups in total. The lowest BCUT2D eigenvalue weighted by Gasteiger charge is -2.12. The third kappa shape index (κ3) is 6.80. The number of hydrogen-bond acceptors (Lipinski definition) is 4.